The Hall–Kier alpha value is -2.19. The molecule has 2 aromatic heterocycles. The topological polar surface area (TPSA) is 68.7 Å². The molecule has 2 N–H and O–H groups in total. The number of hydrogen-bond donors (Lipinski definition) is 1. The molecule has 29 heavy (non-hydrogen) atoms. The zero-order chi connectivity index (χ0) is 20.6. The molecule has 0 spiro atoms. The standard InChI is InChI=1S/C21H26ClN5OS/c1-26(13-16-4-6-17(22)7-5-16)14-18-15-29-21(27(18)11-3-10-23)25-20-9-8-19(28-2)12-24-20/h4-9,12,15H,3,10-11,13-14,23H2,1-2H3/b25-21+. The molecule has 0 aliphatic carbocycles. The first-order chi connectivity index (χ1) is 14.1. The van der Waals surface area contributed by atoms with Crippen LogP contribution in [0.4, 0.5) is 5.82 Å². The second-order valence-corrected chi connectivity index (χ2v) is 8.04. The first-order valence-electron chi connectivity index (χ1n) is 9.44. The summed E-state index contributed by atoms with van der Waals surface area (Å²) in [6.45, 7) is 3.13. The van der Waals surface area contributed by atoms with Gasteiger partial charge in [-0.1, -0.05) is 23.7 Å². The largest absolute Gasteiger partial charge is 0.495 e. The second kappa shape index (κ2) is 10.5. The van der Waals surface area contributed by atoms with E-state index in [1.807, 2.05) is 24.3 Å². The van der Waals surface area contributed by atoms with Gasteiger partial charge >= 0.3 is 0 Å². The fourth-order valence-corrected chi connectivity index (χ4v) is 4.01. The van der Waals surface area contributed by atoms with E-state index in [2.05, 4.69) is 39.0 Å². The van der Waals surface area contributed by atoms with E-state index in [1.54, 1.807) is 24.6 Å². The van der Waals surface area contributed by atoms with Crippen LogP contribution in [0.5, 0.6) is 5.75 Å². The highest BCUT2D eigenvalue weighted by Crippen LogP contribution is 2.15. The number of rotatable bonds is 9. The molecule has 0 amide bonds. The minimum atomic E-state index is 0.642. The molecule has 2 heterocycles. The molecule has 0 atom stereocenters. The number of hydrogen-bond acceptors (Lipinski definition) is 6. The molecule has 0 fully saturated rings. The smallest absolute Gasteiger partial charge is 0.191 e. The van der Waals surface area contributed by atoms with Crippen LogP contribution in [-0.4, -0.2) is 35.2 Å². The zero-order valence-electron chi connectivity index (χ0n) is 16.7. The number of aromatic nitrogens is 2. The highest BCUT2D eigenvalue weighted by Gasteiger charge is 2.09. The van der Waals surface area contributed by atoms with Gasteiger partial charge in [0, 0.05) is 35.7 Å². The molecule has 154 valence electrons. The van der Waals surface area contributed by atoms with Crippen LogP contribution >= 0.6 is 22.9 Å². The summed E-state index contributed by atoms with van der Waals surface area (Å²) < 4.78 is 7.40. The minimum Gasteiger partial charge on any atom is -0.495 e. The van der Waals surface area contributed by atoms with Gasteiger partial charge in [-0.3, -0.25) is 4.90 Å². The molecule has 3 aromatic rings. The Morgan fingerprint density at radius 1 is 1.21 bits per heavy atom. The molecule has 6 nitrogen and oxygen atoms in total. The Bertz CT molecular complexity index is 966. The molecule has 0 bridgehead atoms. The lowest BCUT2D eigenvalue weighted by Crippen LogP contribution is -2.24. The van der Waals surface area contributed by atoms with Crippen LogP contribution in [0.25, 0.3) is 0 Å². The van der Waals surface area contributed by atoms with Crippen molar-refractivity contribution >= 4 is 28.8 Å². The van der Waals surface area contributed by atoms with E-state index in [-0.39, 0.29) is 0 Å². The maximum absolute atomic E-state index is 5.99. The fourth-order valence-electron chi connectivity index (χ4n) is 2.96. The van der Waals surface area contributed by atoms with Gasteiger partial charge in [-0.05, 0) is 49.8 Å². The summed E-state index contributed by atoms with van der Waals surface area (Å²) in [7, 11) is 3.74. The lowest BCUT2D eigenvalue weighted by molar-refractivity contribution is 0.308. The van der Waals surface area contributed by atoms with E-state index in [9.17, 15) is 0 Å². The van der Waals surface area contributed by atoms with Crippen LogP contribution in [0.1, 0.15) is 17.7 Å². The third kappa shape index (κ3) is 6.14. The first kappa shape index (κ1) is 21.5. The molecule has 3 rings (SSSR count). The Labute approximate surface area is 180 Å². The number of methoxy groups -OCH3 is 1. The molecule has 0 aliphatic heterocycles. The fraction of sp³-hybridized carbons (Fsp3) is 0.333. The van der Waals surface area contributed by atoms with E-state index >= 15 is 0 Å². The number of nitrogens with two attached hydrogens (primary N) is 1. The van der Waals surface area contributed by atoms with Gasteiger partial charge in [-0.15, -0.1) is 11.3 Å². The summed E-state index contributed by atoms with van der Waals surface area (Å²) in [6.07, 6.45) is 2.57. The van der Waals surface area contributed by atoms with Crippen molar-refractivity contribution in [3.8, 4) is 5.75 Å². The molecular formula is C21H26ClN5OS. The minimum absolute atomic E-state index is 0.642. The Morgan fingerprint density at radius 3 is 2.66 bits per heavy atom. The van der Waals surface area contributed by atoms with Crippen LogP contribution in [0.3, 0.4) is 0 Å². The zero-order valence-corrected chi connectivity index (χ0v) is 18.3. The molecule has 0 radical (unpaired) electrons. The van der Waals surface area contributed by atoms with Gasteiger partial charge < -0.3 is 15.0 Å². The van der Waals surface area contributed by atoms with Crippen LogP contribution in [0, 0.1) is 0 Å². The number of ether oxygens (including phenoxy) is 1. The predicted octanol–water partition coefficient (Wildman–Crippen LogP) is 3.82. The van der Waals surface area contributed by atoms with Crippen molar-refractivity contribution in [2.45, 2.75) is 26.1 Å². The summed E-state index contributed by atoms with van der Waals surface area (Å²) >= 11 is 7.61. The maximum atomic E-state index is 5.99. The van der Waals surface area contributed by atoms with Crippen molar-refractivity contribution in [2.75, 3.05) is 20.7 Å². The maximum Gasteiger partial charge on any atom is 0.191 e. The lowest BCUT2D eigenvalue weighted by Gasteiger charge is -2.18. The predicted molar refractivity (Wildman–Crippen MR) is 119 cm³/mol. The van der Waals surface area contributed by atoms with E-state index in [4.69, 9.17) is 27.1 Å². The highest BCUT2D eigenvalue weighted by molar-refractivity contribution is 7.07. The summed E-state index contributed by atoms with van der Waals surface area (Å²) in [4.78, 5) is 12.3. The molecule has 8 heteroatoms. The van der Waals surface area contributed by atoms with E-state index in [0.29, 0.717) is 12.4 Å². The Morgan fingerprint density at radius 2 is 2.00 bits per heavy atom. The number of halogens is 1. The lowest BCUT2D eigenvalue weighted by atomic mass is 10.2. The summed E-state index contributed by atoms with van der Waals surface area (Å²) in [5, 5.41) is 2.92. The monoisotopic (exact) mass is 431 g/mol. The summed E-state index contributed by atoms with van der Waals surface area (Å²) in [6, 6.07) is 11.7. The molecule has 0 unspecified atom stereocenters. The van der Waals surface area contributed by atoms with Crippen LogP contribution < -0.4 is 15.3 Å². The summed E-state index contributed by atoms with van der Waals surface area (Å²) in [5.74, 6) is 1.38. The second-order valence-electron chi connectivity index (χ2n) is 6.77. The van der Waals surface area contributed by atoms with Crippen molar-refractivity contribution in [1.29, 1.82) is 0 Å². The van der Waals surface area contributed by atoms with Gasteiger partial charge in [0.2, 0.25) is 0 Å². The molecule has 0 aliphatic rings. The first-order valence-corrected chi connectivity index (χ1v) is 10.7. The Balaban J connectivity index is 1.80. The van der Waals surface area contributed by atoms with Gasteiger partial charge in [-0.25, -0.2) is 9.98 Å². The number of nitrogens with zero attached hydrogens (tertiary/aromatic N) is 4. The molecule has 0 saturated heterocycles. The van der Waals surface area contributed by atoms with Gasteiger partial charge in [-0.2, -0.15) is 0 Å². The Kier molecular flexibility index (Phi) is 7.83. The summed E-state index contributed by atoms with van der Waals surface area (Å²) in [5.41, 5.74) is 8.20. The molecular weight excluding hydrogens is 406 g/mol. The molecule has 0 saturated carbocycles. The number of benzene rings is 1. The van der Waals surface area contributed by atoms with Crippen molar-refractivity contribution in [1.82, 2.24) is 14.5 Å². The highest BCUT2D eigenvalue weighted by atomic mass is 35.5. The normalized spacial score (nSPS) is 12.0. The van der Waals surface area contributed by atoms with Crippen molar-refractivity contribution in [3.05, 3.63) is 69.1 Å². The van der Waals surface area contributed by atoms with E-state index in [0.717, 1.165) is 41.6 Å². The van der Waals surface area contributed by atoms with Gasteiger partial charge in [0.1, 0.15) is 5.75 Å². The van der Waals surface area contributed by atoms with Crippen molar-refractivity contribution in [2.24, 2.45) is 10.7 Å². The average Bonchev–Trinajstić information content (AvgIpc) is 3.09. The van der Waals surface area contributed by atoms with Gasteiger partial charge in [0.15, 0.2) is 10.6 Å². The third-order valence-corrected chi connectivity index (χ3v) is 5.59. The number of thiazole rings is 1. The van der Waals surface area contributed by atoms with Crippen molar-refractivity contribution < 1.29 is 4.74 Å². The number of pyridine rings is 1. The average molecular weight is 432 g/mol. The van der Waals surface area contributed by atoms with Gasteiger partial charge in [0.25, 0.3) is 0 Å². The van der Waals surface area contributed by atoms with E-state index in [1.165, 1.54) is 11.3 Å². The quantitative estimate of drug-likeness (QED) is 0.559. The van der Waals surface area contributed by atoms with Crippen LogP contribution in [-0.2, 0) is 19.6 Å². The van der Waals surface area contributed by atoms with Gasteiger partial charge in [0.05, 0.1) is 13.3 Å². The molecule has 1 aromatic carbocycles. The van der Waals surface area contributed by atoms with Crippen LogP contribution in [0.2, 0.25) is 5.02 Å². The van der Waals surface area contributed by atoms with Crippen LogP contribution in [0.15, 0.2) is 53.0 Å². The third-order valence-electron chi connectivity index (χ3n) is 4.43. The SMILES string of the molecule is COc1ccc(/N=c2/scc(CN(C)Cc3ccc(Cl)cc3)n2CCCN)nc1. The van der Waals surface area contributed by atoms with Crippen molar-refractivity contribution in [3.63, 3.8) is 0 Å². The van der Waals surface area contributed by atoms with E-state index < -0.39 is 0 Å².